The molecule has 3 aromatic rings. The number of furan rings is 1. The Morgan fingerprint density at radius 1 is 1.11 bits per heavy atom. The molecule has 4 rings (SSSR count). The Labute approximate surface area is 166 Å². The summed E-state index contributed by atoms with van der Waals surface area (Å²) in [6.07, 6.45) is 5.62. The van der Waals surface area contributed by atoms with E-state index in [1.54, 1.807) is 25.4 Å². The number of fused-ring (bicyclic) bond motifs is 1. The van der Waals surface area contributed by atoms with Crippen LogP contribution in [-0.2, 0) is 11.2 Å². The average Bonchev–Trinajstić information content (AvgIpc) is 3.43. The summed E-state index contributed by atoms with van der Waals surface area (Å²) in [4.78, 5) is 13.5. The van der Waals surface area contributed by atoms with Crippen molar-refractivity contribution < 1.29 is 13.9 Å². The summed E-state index contributed by atoms with van der Waals surface area (Å²) in [6, 6.07) is 18.1. The van der Waals surface area contributed by atoms with Gasteiger partial charge in [0.15, 0.2) is 6.61 Å². The summed E-state index contributed by atoms with van der Waals surface area (Å²) in [7, 11) is 1.57. The van der Waals surface area contributed by atoms with Gasteiger partial charge in [0.05, 0.1) is 6.26 Å². The minimum absolute atomic E-state index is 0.0166. The second kappa shape index (κ2) is 10.5. The van der Waals surface area contributed by atoms with Gasteiger partial charge in [0.1, 0.15) is 11.3 Å². The van der Waals surface area contributed by atoms with Crippen molar-refractivity contribution in [3.63, 3.8) is 0 Å². The van der Waals surface area contributed by atoms with Crippen molar-refractivity contribution in [3.05, 3.63) is 66.4 Å². The number of amides is 1. The first-order chi connectivity index (χ1) is 13.7. The van der Waals surface area contributed by atoms with Crippen molar-refractivity contribution in [2.75, 3.05) is 33.3 Å². The zero-order chi connectivity index (χ0) is 19.6. The van der Waals surface area contributed by atoms with Crippen LogP contribution >= 0.6 is 0 Å². The molecular weight excluding hydrogens is 352 g/mol. The number of nitrogens with one attached hydrogen (secondary N) is 1. The minimum Gasteiger partial charge on any atom is -0.484 e. The molecule has 1 saturated heterocycles. The van der Waals surface area contributed by atoms with E-state index in [9.17, 15) is 4.79 Å². The van der Waals surface area contributed by atoms with E-state index < -0.39 is 0 Å². The number of ether oxygens (including phenoxy) is 1. The molecule has 2 aromatic carbocycles. The third-order valence-electron chi connectivity index (χ3n) is 4.83. The van der Waals surface area contributed by atoms with Gasteiger partial charge in [-0.25, -0.2) is 0 Å². The van der Waals surface area contributed by atoms with Crippen LogP contribution < -0.4 is 10.1 Å². The zero-order valence-corrected chi connectivity index (χ0v) is 16.4. The fourth-order valence-corrected chi connectivity index (χ4v) is 3.18. The van der Waals surface area contributed by atoms with Gasteiger partial charge < -0.3 is 19.4 Å². The predicted molar refractivity (Wildman–Crippen MR) is 112 cm³/mol. The van der Waals surface area contributed by atoms with Gasteiger partial charge in [-0.2, -0.15) is 0 Å². The molecule has 0 saturated carbocycles. The lowest BCUT2D eigenvalue weighted by Crippen LogP contribution is -2.24. The number of carbonyl (C=O) groups is 1. The van der Waals surface area contributed by atoms with E-state index in [4.69, 9.17) is 9.15 Å². The quantitative estimate of drug-likeness (QED) is 0.705. The number of nitrogens with zero attached hydrogens (tertiary/aromatic N) is 1. The Balaban J connectivity index is 0.000000162. The summed E-state index contributed by atoms with van der Waals surface area (Å²) in [6.45, 7) is 3.88. The predicted octanol–water partition coefficient (Wildman–Crippen LogP) is 3.88. The Kier molecular flexibility index (Phi) is 7.50. The molecular formula is C23H28N2O3. The lowest BCUT2D eigenvalue weighted by Gasteiger charge is -2.13. The second-order valence-corrected chi connectivity index (χ2v) is 6.87. The molecule has 0 radical (unpaired) electrons. The summed E-state index contributed by atoms with van der Waals surface area (Å²) >= 11 is 0. The summed E-state index contributed by atoms with van der Waals surface area (Å²) in [5.74, 6) is 0.468. The van der Waals surface area contributed by atoms with Crippen LogP contribution in [-0.4, -0.2) is 44.1 Å². The third kappa shape index (κ3) is 6.13. The van der Waals surface area contributed by atoms with Gasteiger partial charge in [0.25, 0.3) is 5.91 Å². The molecule has 2 heterocycles. The fraction of sp³-hybridized carbons (Fsp3) is 0.348. The van der Waals surface area contributed by atoms with Crippen LogP contribution in [0.25, 0.3) is 11.0 Å². The first-order valence-corrected chi connectivity index (χ1v) is 9.81. The van der Waals surface area contributed by atoms with Crippen LogP contribution in [0.1, 0.15) is 18.4 Å². The van der Waals surface area contributed by atoms with E-state index in [1.165, 1.54) is 44.5 Å². The number of likely N-dealkylation sites (tertiary alicyclic amines) is 1. The zero-order valence-electron chi connectivity index (χ0n) is 16.4. The molecule has 148 valence electrons. The molecule has 28 heavy (non-hydrogen) atoms. The smallest absolute Gasteiger partial charge is 0.257 e. The molecule has 5 nitrogen and oxygen atoms in total. The van der Waals surface area contributed by atoms with Gasteiger partial charge in [-0.05, 0) is 56.1 Å². The first kappa shape index (κ1) is 20.0. The number of carbonyl (C=O) groups excluding carboxylic acids is 1. The van der Waals surface area contributed by atoms with Crippen molar-refractivity contribution in [2.45, 2.75) is 19.3 Å². The summed E-state index contributed by atoms with van der Waals surface area (Å²) in [5, 5.41) is 3.50. The van der Waals surface area contributed by atoms with E-state index in [1.807, 2.05) is 12.1 Å². The van der Waals surface area contributed by atoms with Crippen LogP contribution in [0.4, 0.5) is 0 Å². The number of hydrogen-bond donors (Lipinski definition) is 1. The van der Waals surface area contributed by atoms with Gasteiger partial charge in [0, 0.05) is 25.0 Å². The maximum Gasteiger partial charge on any atom is 0.257 e. The Morgan fingerprint density at radius 2 is 1.89 bits per heavy atom. The Bertz CT molecular complexity index is 854. The van der Waals surface area contributed by atoms with Crippen molar-refractivity contribution >= 4 is 16.9 Å². The highest BCUT2D eigenvalue weighted by Gasteiger charge is 2.10. The van der Waals surface area contributed by atoms with E-state index in [0.717, 1.165) is 11.0 Å². The molecule has 0 spiro atoms. The van der Waals surface area contributed by atoms with Crippen LogP contribution in [0.3, 0.4) is 0 Å². The SMILES string of the molecule is CNC(=O)COc1ccc2ccoc2c1.c1ccc(CCN2CCCC2)cc1. The summed E-state index contributed by atoms with van der Waals surface area (Å²) < 4.78 is 10.5. The molecule has 5 heteroatoms. The Hall–Kier alpha value is -2.79. The molecule has 1 amide bonds. The normalized spacial score (nSPS) is 13.8. The molecule has 1 fully saturated rings. The monoisotopic (exact) mass is 380 g/mol. The van der Waals surface area contributed by atoms with Gasteiger partial charge >= 0.3 is 0 Å². The third-order valence-corrected chi connectivity index (χ3v) is 4.83. The molecule has 0 unspecified atom stereocenters. The van der Waals surface area contributed by atoms with Crippen LogP contribution in [0.2, 0.25) is 0 Å². The maximum atomic E-state index is 10.9. The lowest BCUT2D eigenvalue weighted by molar-refractivity contribution is -0.122. The standard InChI is InChI=1S/C12H17N.C11H11NO3/c1-2-6-12(7-3-1)8-11-13-9-4-5-10-13;1-12-11(13)7-15-9-3-2-8-4-5-14-10(8)6-9/h1-3,6-7H,4-5,8-11H2;2-6H,7H2,1H3,(H,12,13). The minimum atomic E-state index is -0.158. The van der Waals surface area contributed by atoms with Crippen LogP contribution in [0, 0.1) is 0 Å². The van der Waals surface area contributed by atoms with Crippen molar-refractivity contribution in [1.82, 2.24) is 10.2 Å². The highest BCUT2D eigenvalue weighted by atomic mass is 16.5. The highest BCUT2D eigenvalue weighted by molar-refractivity contribution is 5.79. The average molecular weight is 380 g/mol. The molecule has 0 atom stereocenters. The summed E-state index contributed by atoms with van der Waals surface area (Å²) in [5.41, 5.74) is 2.22. The van der Waals surface area contributed by atoms with Crippen molar-refractivity contribution in [1.29, 1.82) is 0 Å². The van der Waals surface area contributed by atoms with E-state index in [0.29, 0.717) is 5.75 Å². The fourth-order valence-electron chi connectivity index (χ4n) is 3.18. The van der Waals surface area contributed by atoms with Crippen molar-refractivity contribution in [2.24, 2.45) is 0 Å². The van der Waals surface area contributed by atoms with Gasteiger partial charge in [0.2, 0.25) is 0 Å². The molecule has 1 aliphatic heterocycles. The molecule has 1 aliphatic rings. The van der Waals surface area contributed by atoms with Crippen molar-refractivity contribution in [3.8, 4) is 5.75 Å². The number of benzene rings is 2. The topological polar surface area (TPSA) is 54.7 Å². The molecule has 1 N–H and O–H groups in total. The van der Waals surface area contributed by atoms with Crippen LogP contribution in [0.15, 0.2) is 65.3 Å². The number of hydrogen-bond acceptors (Lipinski definition) is 4. The largest absolute Gasteiger partial charge is 0.484 e. The lowest BCUT2D eigenvalue weighted by atomic mass is 10.1. The van der Waals surface area contributed by atoms with Gasteiger partial charge in [-0.1, -0.05) is 30.3 Å². The van der Waals surface area contributed by atoms with Gasteiger partial charge in [-0.15, -0.1) is 0 Å². The molecule has 0 bridgehead atoms. The number of rotatable bonds is 6. The highest BCUT2D eigenvalue weighted by Crippen LogP contribution is 2.21. The first-order valence-electron chi connectivity index (χ1n) is 9.81. The molecule has 1 aromatic heterocycles. The molecule has 0 aliphatic carbocycles. The van der Waals surface area contributed by atoms with Crippen LogP contribution in [0.5, 0.6) is 5.75 Å². The number of likely N-dealkylation sites (N-methyl/N-ethyl adjacent to an activating group) is 1. The Morgan fingerprint density at radius 3 is 2.64 bits per heavy atom. The van der Waals surface area contributed by atoms with E-state index >= 15 is 0 Å². The van der Waals surface area contributed by atoms with E-state index in [2.05, 4.69) is 40.5 Å². The second-order valence-electron chi connectivity index (χ2n) is 6.87. The van der Waals surface area contributed by atoms with E-state index in [-0.39, 0.29) is 12.5 Å². The van der Waals surface area contributed by atoms with Gasteiger partial charge in [-0.3, -0.25) is 4.79 Å². The maximum absolute atomic E-state index is 10.9.